The maximum atomic E-state index is 9.84. The maximum absolute atomic E-state index is 9.84. The molecule has 0 N–H and O–H groups in total. The van der Waals surface area contributed by atoms with E-state index in [9.17, 15) is 5.11 Å². The molecule has 0 heterocycles. The van der Waals surface area contributed by atoms with E-state index in [2.05, 4.69) is 0 Å². The zero-order valence-electron chi connectivity index (χ0n) is 5.76. The number of rotatable bonds is 6. The molecule has 0 aliphatic carbocycles. The molecule has 0 fully saturated rings. The van der Waals surface area contributed by atoms with Crippen molar-refractivity contribution in [2.45, 2.75) is 13.3 Å². The van der Waals surface area contributed by atoms with Gasteiger partial charge in [-0.05, 0) is 13.3 Å². The Morgan fingerprint density at radius 2 is 2.11 bits per heavy atom. The van der Waals surface area contributed by atoms with E-state index in [1.54, 1.807) is 0 Å². The first-order valence-electron chi connectivity index (χ1n) is 3.15. The van der Waals surface area contributed by atoms with Crippen molar-refractivity contribution in [2.75, 3.05) is 26.6 Å². The van der Waals surface area contributed by atoms with Crippen molar-refractivity contribution in [3.8, 4) is 0 Å². The Labute approximate surface area is 55.6 Å². The van der Waals surface area contributed by atoms with Gasteiger partial charge in [-0.15, -0.1) is 0 Å². The third-order valence-corrected chi connectivity index (χ3v) is 0.804. The van der Waals surface area contributed by atoms with Crippen LogP contribution in [0.3, 0.4) is 0 Å². The molecule has 0 aliphatic rings. The van der Waals surface area contributed by atoms with Crippen molar-refractivity contribution < 1.29 is 14.6 Å². The molecule has 0 spiro atoms. The molecule has 0 bridgehead atoms. The molecule has 0 saturated heterocycles. The highest BCUT2D eigenvalue weighted by Crippen LogP contribution is 1.81. The standard InChI is InChI=1S/C6H13O3/c1-2-8-6-9-5-3-4-7/h2-6H2,1H3. The molecule has 55 valence electrons. The number of hydrogen-bond acceptors (Lipinski definition) is 2. The van der Waals surface area contributed by atoms with Gasteiger partial charge in [-0.1, -0.05) is 0 Å². The first-order valence-corrected chi connectivity index (χ1v) is 3.15. The molecule has 0 aromatic heterocycles. The largest absolute Gasteiger partial charge is 0.356 e. The van der Waals surface area contributed by atoms with Crippen LogP contribution < -0.4 is 0 Å². The zero-order chi connectivity index (χ0) is 6.95. The van der Waals surface area contributed by atoms with Crippen LogP contribution in [-0.4, -0.2) is 26.6 Å². The van der Waals surface area contributed by atoms with Crippen LogP contribution in [0, 0.1) is 0 Å². The molecule has 0 aromatic carbocycles. The summed E-state index contributed by atoms with van der Waals surface area (Å²) in [6.45, 7) is 3.33. The van der Waals surface area contributed by atoms with Crippen LogP contribution in [0.25, 0.3) is 0 Å². The lowest BCUT2D eigenvalue weighted by molar-refractivity contribution is -0.0536. The Morgan fingerprint density at radius 3 is 2.67 bits per heavy atom. The predicted molar refractivity (Wildman–Crippen MR) is 32.6 cm³/mol. The Balaban J connectivity index is 2.60. The van der Waals surface area contributed by atoms with Crippen molar-refractivity contribution in [1.29, 1.82) is 0 Å². The fourth-order valence-corrected chi connectivity index (χ4v) is 0.362. The second kappa shape index (κ2) is 7.88. The van der Waals surface area contributed by atoms with E-state index < -0.39 is 0 Å². The predicted octanol–water partition coefficient (Wildman–Crippen LogP) is 0.818. The molecule has 0 aliphatic heterocycles. The van der Waals surface area contributed by atoms with Gasteiger partial charge in [0.15, 0.2) is 0 Å². The SMILES string of the molecule is CCOCOCCC[O]. The first kappa shape index (κ1) is 8.88. The molecule has 0 saturated carbocycles. The van der Waals surface area contributed by atoms with Gasteiger partial charge >= 0.3 is 0 Å². The minimum absolute atomic E-state index is 0.0634. The smallest absolute Gasteiger partial charge is 0.146 e. The molecule has 0 amide bonds. The van der Waals surface area contributed by atoms with Crippen molar-refractivity contribution in [3.05, 3.63) is 0 Å². The molecule has 3 nitrogen and oxygen atoms in total. The number of ether oxygens (including phenoxy) is 2. The van der Waals surface area contributed by atoms with E-state index in [4.69, 9.17) is 9.47 Å². The summed E-state index contributed by atoms with van der Waals surface area (Å²) in [7, 11) is 0. The van der Waals surface area contributed by atoms with Crippen molar-refractivity contribution in [3.63, 3.8) is 0 Å². The molecule has 3 heteroatoms. The quantitative estimate of drug-likeness (QED) is 0.397. The topological polar surface area (TPSA) is 38.4 Å². The van der Waals surface area contributed by atoms with Crippen LogP contribution in [0.1, 0.15) is 13.3 Å². The van der Waals surface area contributed by atoms with Gasteiger partial charge in [0.25, 0.3) is 0 Å². The van der Waals surface area contributed by atoms with Crippen LogP contribution in [0.2, 0.25) is 0 Å². The first-order chi connectivity index (χ1) is 4.41. The van der Waals surface area contributed by atoms with Gasteiger partial charge in [-0.25, -0.2) is 5.11 Å². The summed E-state index contributed by atoms with van der Waals surface area (Å²) in [5.41, 5.74) is 0. The fourth-order valence-electron chi connectivity index (χ4n) is 0.362. The second-order valence-corrected chi connectivity index (χ2v) is 1.58. The Morgan fingerprint density at radius 1 is 1.33 bits per heavy atom. The molecule has 0 rings (SSSR count). The van der Waals surface area contributed by atoms with E-state index in [1.807, 2.05) is 6.92 Å². The van der Waals surface area contributed by atoms with Crippen LogP contribution >= 0.6 is 0 Å². The third-order valence-electron chi connectivity index (χ3n) is 0.804. The average molecular weight is 133 g/mol. The Bertz CT molecular complexity index is 41.6. The Kier molecular flexibility index (Phi) is 7.77. The fraction of sp³-hybridized carbons (Fsp3) is 1.00. The maximum Gasteiger partial charge on any atom is 0.146 e. The van der Waals surface area contributed by atoms with Crippen molar-refractivity contribution in [1.82, 2.24) is 0 Å². The zero-order valence-corrected chi connectivity index (χ0v) is 5.76. The minimum atomic E-state index is -0.0634. The highest BCUT2D eigenvalue weighted by atomic mass is 16.7. The van der Waals surface area contributed by atoms with Gasteiger partial charge in [-0.3, -0.25) is 0 Å². The van der Waals surface area contributed by atoms with E-state index in [0.717, 1.165) is 0 Å². The molecular weight excluding hydrogens is 120 g/mol. The second-order valence-electron chi connectivity index (χ2n) is 1.58. The molecular formula is C6H13O3. The summed E-state index contributed by atoms with van der Waals surface area (Å²) in [6.07, 6.45) is 0.576. The van der Waals surface area contributed by atoms with Crippen molar-refractivity contribution in [2.24, 2.45) is 0 Å². The summed E-state index contributed by atoms with van der Waals surface area (Å²) in [4.78, 5) is 0. The monoisotopic (exact) mass is 133 g/mol. The van der Waals surface area contributed by atoms with Gasteiger partial charge in [0.2, 0.25) is 0 Å². The summed E-state index contributed by atoms with van der Waals surface area (Å²) in [5, 5.41) is 9.84. The summed E-state index contributed by atoms with van der Waals surface area (Å²) in [6, 6.07) is 0. The van der Waals surface area contributed by atoms with Crippen molar-refractivity contribution >= 4 is 0 Å². The molecule has 9 heavy (non-hydrogen) atoms. The van der Waals surface area contributed by atoms with Crippen LogP contribution in [0.5, 0.6) is 0 Å². The van der Waals surface area contributed by atoms with Crippen LogP contribution in [0.4, 0.5) is 0 Å². The lowest BCUT2D eigenvalue weighted by Crippen LogP contribution is -2.01. The lowest BCUT2D eigenvalue weighted by Gasteiger charge is -2.00. The lowest BCUT2D eigenvalue weighted by atomic mass is 10.5. The van der Waals surface area contributed by atoms with Gasteiger partial charge in [0.05, 0.1) is 13.2 Å². The minimum Gasteiger partial charge on any atom is -0.356 e. The molecule has 1 radical (unpaired) electrons. The van der Waals surface area contributed by atoms with E-state index in [0.29, 0.717) is 26.4 Å². The number of hydrogen-bond donors (Lipinski definition) is 0. The molecule has 0 aromatic rings. The molecule has 0 atom stereocenters. The van der Waals surface area contributed by atoms with Crippen LogP contribution in [-0.2, 0) is 14.6 Å². The summed E-state index contributed by atoms with van der Waals surface area (Å²) < 4.78 is 9.75. The van der Waals surface area contributed by atoms with Gasteiger partial charge in [0.1, 0.15) is 6.79 Å². The molecule has 0 unspecified atom stereocenters. The third kappa shape index (κ3) is 7.88. The van der Waals surface area contributed by atoms with Gasteiger partial charge < -0.3 is 9.47 Å². The van der Waals surface area contributed by atoms with Gasteiger partial charge in [-0.2, -0.15) is 0 Å². The summed E-state index contributed by atoms with van der Waals surface area (Å²) >= 11 is 0. The highest BCUT2D eigenvalue weighted by molar-refractivity contribution is 4.27. The highest BCUT2D eigenvalue weighted by Gasteiger charge is 1.85. The summed E-state index contributed by atoms with van der Waals surface area (Å²) in [5.74, 6) is 0. The van der Waals surface area contributed by atoms with E-state index >= 15 is 0 Å². The van der Waals surface area contributed by atoms with Crippen LogP contribution in [0.15, 0.2) is 0 Å². The average Bonchev–Trinajstić information content (AvgIpc) is 1.89. The Hall–Kier alpha value is -0.120. The van der Waals surface area contributed by atoms with E-state index in [1.165, 1.54) is 0 Å². The normalized spacial score (nSPS) is 10.0. The van der Waals surface area contributed by atoms with E-state index in [-0.39, 0.29) is 6.61 Å². The van der Waals surface area contributed by atoms with Gasteiger partial charge in [0, 0.05) is 6.61 Å².